The van der Waals surface area contributed by atoms with Crippen molar-refractivity contribution in [3.8, 4) is 0 Å². The summed E-state index contributed by atoms with van der Waals surface area (Å²) in [6.45, 7) is 4.02. The molecule has 1 heterocycles. The molecule has 0 radical (unpaired) electrons. The van der Waals surface area contributed by atoms with Gasteiger partial charge in [-0.2, -0.15) is 0 Å². The first-order valence-electron chi connectivity index (χ1n) is 11.3. The van der Waals surface area contributed by atoms with Gasteiger partial charge in [0.1, 0.15) is 0 Å². The number of aliphatic hydroxyl groups is 2. The quantitative estimate of drug-likeness (QED) is 0.616. The summed E-state index contributed by atoms with van der Waals surface area (Å²) in [6, 6.07) is -0.0453. The van der Waals surface area contributed by atoms with Crippen molar-refractivity contribution in [1.29, 1.82) is 0 Å². The van der Waals surface area contributed by atoms with Crippen molar-refractivity contribution in [2.45, 2.75) is 82.8 Å². The summed E-state index contributed by atoms with van der Waals surface area (Å²) >= 11 is 0. The van der Waals surface area contributed by atoms with E-state index in [1.165, 1.54) is 44.9 Å². The molecular formula is C22H39NO3. The molecule has 5 fully saturated rings. The molecule has 2 atom stereocenters. The van der Waals surface area contributed by atoms with Crippen molar-refractivity contribution < 1.29 is 14.9 Å². The summed E-state index contributed by atoms with van der Waals surface area (Å²) in [5, 5.41) is 19.5. The molecule has 4 aliphatic carbocycles. The van der Waals surface area contributed by atoms with E-state index in [9.17, 15) is 10.2 Å². The van der Waals surface area contributed by atoms with Crippen LogP contribution in [0.25, 0.3) is 0 Å². The molecule has 5 rings (SSSR count). The maximum absolute atomic E-state index is 10.0. The number of nitrogens with zero attached hydrogens (tertiary/aromatic N) is 1. The van der Waals surface area contributed by atoms with Gasteiger partial charge in [0.15, 0.2) is 0 Å². The molecule has 0 aromatic heterocycles. The van der Waals surface area contributed by atoms with Crippen LogP contribution in [0.4, 0.5) is 0 Å². The average molecular weight is 366 g/mol. The Hall–Kier alpha value is -0.160. The Balaban J connectivity index is 1.09. The van der Waals surface area contributed by atoms with Crippen LogP contribution in [0.3, 0.4) is 0 Å². The maximum atomic E-state index is 10.0. The number of ether oxygens (including phenoxy) is 1. The minimum atomic E-state index is -0.350. The molecule has 150 valence electrons. The topological polar surface area (TPSA) is 52.9 Å². The van der Waals surface area contributed by atoms with E-state index in [1.54, 1.807) is 0 Å². The molecule has 4 bridgehead atoms. The molecule has 4 nitrogen and oxygen atoms in total. The van der Waals surface area contributed by atoms with Gasteiger partial charge in [0.05, 0.1) is 25.4 Å². The van der Waals surface area contributed by atoms with Crippen LogP contribution in [-0.4, -0.2) is 60.2 Å². The van der Waals surface area contributed by atoms with Crippen LogP contribution in [0, 0.1) is 23.2 Å². The van der Waals surface area contributed by atoms with Crippen molar-refractivity contribution in [1.82, 2.24) is 4.90 Å². The highest BCUT2D eigenvalue weighted by Gasteiger charge is 2.50. The second-order valence-corrected chi connectivity index (χ2v) is 10.0. The molecule has 1 saturated heterocycles. The largest absolute Gasteiger partial charge is 0.395 e. The first-order chi connectivity index (χ1) is 12.7. The Morgan fingerprint density at radius 3 is 2.31 bits per heavy atom. The monoisotopic (exact) mass is 365 g/mol. The number of unbranched alkanes of at least 4 members (excludes halogenated alkanes) is 2. The van der Waals surface area contributed by atoms with Gasteiger partial charge in [0.2, 0.25) is 0 Å². The van der Waals surface area contributed by atoms with Crippen molar-refractivity contribution in [2.24, 2.45) is 23.2 Å². The lowest BCUT2D eigenvalue weighted by molar-refractivity contribution is -0.0966. The highest BCUT2D eigenvalue weighted by atomic mass is 16.5. The van der Waals surface area contributed by atoms with E-state index < -0.39 is 0 Å². The van der Waals surface area contributed by atoms with E-state index in [-0.39, 0.29) is 18.8 Å². The van der Waals surface area contributed by atoms with Crippen LogP contribution >= 0.6 is 0 Å². The Morgan fingerprint density at radius 1 is 0.962 bits per heavy atom. The summed E-state index contributed by atoms with van der Waals surface area (Å²) in [7, 11) is 0. The van der Waals surface area contributed by atoms with E-state index in [4.69, 9.17) is 4.74 Å². The molecule has 5 aliphatic rings. The summed E-state index contributed by atoms with van der Waals surface area (Å²) in [5.41, 5.74) is 0.549. The Kier molecular flexibility index (Phi) is 6.24. The van der Waals surface area contributed by atoms with Gasteiger partial charge in [-0.3, -0.25) is 4.90 Å². The molecule has 0 aromatic rings. The summed E-state index contributed by atoms with van der Waals surface area (Å²) < 4.78 is 6.18. The lowest BCUT2D eigenvalue weighted by Crippen LogP contribution is -2.50. The van der Waals surface area contributed by atoms with Crippen LogP contribution < -0.4 is 0 Å². The third-order valence-electron chi connectivity index (χ3n) is 7.85. The predicted molar refractivity (Wildman–Crippen MR) is 103 cm³/mol. The van der Waals surface area contributed by atoms with Gasteiger partial charge in [-0.05, 0) is 107 Å². The van der Waals surface area contributed by atoms with Crippen LogP contribution in [0.15, 0.2) is 0 Å². The average Bonchev–Trinajstić information content (AvgIpc) is 2.60. The van der Waals surface area contributed by atoms with Gasteiger partial charge in [-0.1, -0.05) is 0 Å². The van der Waals surface area contributed by atoms with Crippen molar-refractivity contribution in [3.05, 3.63) is 0 Å². The fourth-order valence-electron chi connectivity index (χ4n) is 7.07. The van der Waals surface area contributed by atoms with Crippen molar-refractivity contribution in [2.75, 3.05) is 32.9 Å². The maximum Gasteiger partial charge on any atom is 0.0718 e. The second-order valence-electron chi connectivity index (χ2n) is 10.0. The molecule has 4 heteroatoms. The Bertz CT molecular complexity index is 419. The highest BCUT2D eigenvalue weighted by Crippen LogP contribution is 2.60. The van der Waals surface area contributed by atoms with E-state index >= 15 is 0 Å². The second kappa shape index (κ2) is 8.46. The van der Waals surface area contributed by atoms with Gasteiger partial charge < -0.3 is 14.9 Å². The van der Waals surface area contributed by atoms with Gasteiger partial charge in [0.25, 0.3) is 0 Å². The summed E-state index contributed by atoms with van der Waals surface area (Å²) in [5.74, 6) is 3.05. The van der Waals surface area contributed by atoms with Crippen LogP contribution in [0.1, 0.15) is 70.6 Å². The molecule has 1 aliphatic heterocycles. The number of aliphatic hydroxyl groups excluding tert-OH is 2. The molecule has 26 heavy (non-hydrogen) atoms. The minimum absolute atomic E-state index is 0.0453. The van der Waals surface area contributed by atoms with Crippen LogP contribution in [0.2, 0.25) is 0 Å². The molecule has 0 aromatic carbocycles. The van der Waals surface area contributed by atoms with Crippen molar-refractivity contribution >= 4 is 0 Å². The minimum Gasteiger partial charge on any atom is -0.395 e. The lowest BCUT2D eigenvalue weighted by Gasteiger charge is -2.56. The summed E-state index contributed by atoms with van der Waals surface area (Å²) in [4.78, 5) is 2.28. The first-order valence-corrected chi connectivity index (χ1v) is 11.3. The molecule has 2 N–H and O–H groups in total. The molecule has 4 saturated carbocycles. The lowest BCUT2D eigenvalue weighted by atomic mass is 9.50. The predicted octanol–water partition coefficient (Wildman–Crippen LogP) is 3.21. The Labute approximate surface area is 159 Å². The fourth-order valence-corrected chi connectivity index (χ4v) is 7.07. The van der Waals surface area contributed by atoms with E-state index in [0.717, 1.165) is 69.7 Å². The number of hydrogen-bond donors (Lipinski definition) is 2. The molecule has 0 amide bonds. The number of hydrogen-bond acceptors (Lipinski definition) is 4. The standard InChI is InChI=1S/C22H39NO3/c24-15-20-21(25)5-4-7-23(20)6-2-1-3-8-26-16-22-12-17-9-18(13-22)11-19(10-17)14-22/h17-21,24-25H,1-16H2/t17?,18?,19?,20-,21-,22?/m1/s1. The van der Waals surface area contributed by atoms with Crippen LogP contribution in [0.5, 0.6) is 0 Å². The van der Waals surface area contributed by atoms with E-state index in [2.05, 4.69) is 4.90 Å². The number of piperidine rings is 1. The van der Waals surface area contributed by atoms with Gasteiger partial charge >= 0.3 is 0 Å². The van der Waals surface area contributed by atoms with Crippen molar-refractivity contribution in [3.63, 3.8) is 0 Å². The zero-order chi connectivity index (χ0) is 18.0. The van der Waals surface area contributed by atoms with Crippen LogP contribution in [-0.2, 0) is 4.74 Å². The first kappa shape index (κ1) is 19.2. The molecule has 0 spiro atoms. The normalized spacial score (nSPS) is 42.5. The van der Waals surface area contributed by atoms with E-state index in [1.807, 2.05) is 0 Å². The SMILES string of the molecule is OC[C@@H]1[C@H](O)CCCN1CCCCCOCC12CC3CC(CC(C3)C1)C2. The van der Waals surface area contributed by atoms with Gasteiger partial charge in [-0.25, -0.2) is 0 Å². The summed E-state index contributed by atoms with van der Waals surface area (Å²) in [6.07, 6.45) is 13.9. The third-order valence-corrected chi connectivity index (χ3v) is 7.85. The fraction of sp³-hybridized carbons (Fsp3) is 1.00. The number of rotatable bonds is 9. The zero-order valence-corrected chi connectivity index (χ0v) is 16.5. The van der Waals surface area contributed by atoms with E-state index in [0.29, 0.717) is 5.41 Å². The zero-order valence-electron chi connectivity index (χ0n) is 16.5. The number of likely N-dealkylation sites (tertiary alicyclic amines) is 1. The highest BCUT2D eigenvalue weighted by molar-refractivity contribution is 5.01. The molecular weight excluding hydrogens is 326 g/mol. The smallest absolute Gasteiger partial charge is 0.0718 e. The van der Waals surface area contributed by atoms with Gasteiger partial charge in [-0.15, -0.1) is 0 Å². The molecule has 0 unspecified atom stereocenters. The third kappa shape index (κ3) is 4.29. The van der Waals surface area contributed by atoms with Gasteiger partial charge in [0, 0.05) is 6.61 Å². The Morgan fingerprint density at radius 2 is 1.65 bits per heavy atom.